The zero-order chi connectivity index (χ0) is 16.4. The van der Waals surface area contributed by atoms with Crippen LogP contribution < -0.4 is 0 Å². The van der Waals surface area contributed by atoms with Crippen molar-refractivity contribution in [2.45, 2.75) is 32.9 Å². The van der Waals surface area contributed by atoms with Gasteiger partial charge in [0, 0.05) is 19.3 Å². The lowest BCUT2D eigenvalue weighted by atomic mass is 10.3. The fourth-order valence-corrected chi connectivity index (χ4v) is 2.18. The molecule has 0 radical (unpaired) electrons. The van der Waals surface area contributed by atoms with E-state index in [-0.39, 0.29) is 11.2 Å². The summed E-state index contributed by atoms with van der Waals surface area (Å²) in [5.41, 5.74) is 0.378. The van der Waals surface area contributed by atoms with E-state index in [2.05, 4.69) is 0 Å². The molecule has 0 aliphatic heterocycles. The highest BCUT2D eigenvalue weighted by Gasteiger charge is 2.15. The lowest BCUT2D eigenvalue weighted by molar-refractivity contribution is -0.140. The molecule has 0 unspecified atom stereocenters. The van der Waals surface area contributed by atoms with E-state index in [1.165, 1.54) is 11.8 Å². The van der Waals surface area contributed by atoms with E-state index in [4.69, 9.17) is 9.47 Å². The number of carbonyl (C=O) groups is 2. The first kappa shape index (κ1) is 19.6. The van der Waals surface area contributed by atoms with E-state index in [1.807, 2.05) is 13.8 Å². The second-order valence-corrected chi connectivity index (χ2v) is 6.20. The number of allylic oxidation sites excluding steroid dienone is 2. The quantitative estimate of drug-likeness (QED) is 0.390. The Morgan fingerprint density at radius 2 is 1.57 bits per heavy atom. The average molecular weight is 315 g/mol. The van der Waals surface area contributed by atoms with Crippen molar-refractivity contribution >= 4 is 23.7 Å². The molecule has 0 aromatic rings. The summed E-state index contributed by atoms with van der Waals surface area (Å²) in [6, 6.07) is 0. The van der Waals surface area contributed by atoms with Crippen molar-refractivity contribution in [2.75, 3.05) is 27.3 Å². The first-order valence-corrected chi connectivity index (χ1v) is 7.81. The molecular formula is C15H25NO4S. The van der Waals surface area contributed by atoms with Gasteiger partial charge >= 0.3 is 11.9 Å². The molecule has 0 spiro atoms. The van der Waals surface area contributed by atoms with Crippen molar-refractivity contribution in [3.63, 3.8) is 0 Å². The number of carbonyl (C=O) groups excluding carboxylic acids is 2. The molecule has 5 nitrogen and oxygen atoms in total. The number of hydrogen-bond acceptors (Lipinski definition) is 6. The summed E-state index contributed by atoms with van der Waals surface area (Å²) in [6.07, 6.45) is 3.19. The molecule has 21 heavy (non-hydrogen) atoms. The van der Waals surface area contributed by atoms with Crippen LogP contribution in [0.4, 0.5) is 0 Å². The van der Waals surface area contributed by atoms with Crippen molar-refractivity contribution < 1.29 is 19.1 Å². The lowest BCUT2D eigenvalue weighted by Crippen LogP contribution is -2.21. The van der Waals surface area contributed by atoms with Crippen LogP contribution in [-0.4, -0.2) is 49.4 Å². The Balaban J connectivity index is 5.33. The number of likely N-dealkylation sites (N-methyl/N-ethyl adjacent to an activating group) is 1. The predicted molar refractivity (Wildman–Crippen MR) is 85.8 cm³/mol. The van der Waals surface area contributed by atoms with Crippen molar-refractivity contribution in [1.82, 2.24) is 4.90 Å². The molecular weight excluding hydrogens is 290 g/mol. The van der Waals surface area contributed by atoms with Crippen LogP contribution in [0.1, 0.15) is 27.7 Å². The summed E-state index contributed by atoms with van der Waals surface area (Å²) < 4.78 is 10.0. The largest absolute Gasteiger partial charge is 0.462 e. The van der Waals surface area contributed by atoms with Gasteiger partial charge in [0.15, 0.2) is 0 Å². The zero-order valence-electron chi connectivity index (χ0n) is 13.6. The van der Waals surface area contributed by atoms with E-state index >= 15 is 0 Å². The molecule has 0 atom stereocenters. The van der Waals surface area contributed by atoms with Crippen LogP contribution in [-0.2, 0) is 19.1 Å². The lowest BCUT2D eigenvalue weighted by Gasteiger charge is -2.15. The molecule has 0 heterocycles. The van der Waals surface area contributed by atoms with Gasteiger partial charge in [-0.25, -0.2) is 9.59 Å². The van der Waals surface area contributed by atoms with Crippen LogP contribution in [0.15, 0.2) is 22.8 Å². The maximum absolute atomic E-state index is 11.9. The minimum Gasteiger partial charge on any atom is -0.462 e. The Morgan fingerprint density at radius 3 is 2.00 bits per heavy atom. The molecule has 0 fully saturated rings. The highest BCUT2D eigenvalue weighted by Crippen LogP contribution is 2.23. The first-order valence-electron chi connectivity index (χ1n) is 6.93. The van der Waals surface area contributed by atoms with Crippen LogP contribution in [0.2, 0.25) is 0 Å². The molecule has 0 saturated heterocycles. The highest BCUT2D eigenvalue weighted by atomic mass is 32.2. The molecule has 0 aromatic heterocycles. The van der Waals surface area contributed by atoms with Crippen LogP contribution in [0.25, 0.3) is 0 Å². The van der Waals surface area contributed by atoms with E-state index in [0.29, 0.717) is 23.8 Å². The minimum atomic E-state index is -0.420. The molecule has 6 heteroatoms. The van der Waals surface area contributed by atoms with Crippen LogP contribution in [0.3, 0.4) is 0 Å². The number of ether oxygens (including phenoxy) is 2. The summed E-state index contributed by atoms with van der Waals surface area (Å²) >= 11 is 1.40. The van der Waals surface area contributed by atoms with Crippen LogP contribution in [0, 0.1) is 0 Å². The van der Waals surface area contributed by atoms with Crippen LogP contribution in [0.5, 0.6) is 0 Å². The normalized spacial score (nSPS) is 12.3. The number of rotatable bonds is 8. The summed E-state index contributed by atoms with van der Waals surface area (Å²) in [7, 11) is 3.49. The first-order chi connectivity index (χ1) is 9.83. The summed E-state index contributed by atoms with van der Waals surface area (Å²) in [4.78, 5) is 25.8. The summed E-state index contributed by atoms with van der Waals surface area (Å²) in [6.45, 7) is 8.10. The van der Waals surface area contributed by atoms with E-state index in [1.54, 1.807) is 45.0 Å². The second kappa shape index (κ2) is 10.3. The van der Waals surface area contributed by atoms with Crippen LogP contribution >= 0.6 is 11.8 Å². The van der Waals surface area contributed by atoms with Crippen molar-refractivity contribution in [3.8, 4) is 0 Å². The van der Waals surface area contributed by atoms with Gasteiger partial charge in [-0.05, 0) is 26.0 Å². The molecule has 0 aliphatic carbocycles. The van der Waals surface area contributed by atoms with Gasteiger partial charge in [-0.1, -0.05) is 13.8 Å². The molecule has 0 rings (SSSR count). The third-order valence-corrected chi connectivity index (χ3v) is 3.23. The number of hydrogen-bond donors (Lipinski definition) is 0. The van der Waals surface area contributed by atoms with E-state index in [9.17, 15) is 9.59 Å². The molecule has 0 aliphatic rings. The monoisotopic (exact) mass is 315 g/mol. The number of nitrogens with zero attached hydrogens (tertiary/aromatic N) is 1. The number of esters is 2. The highest BCUT2D eigenvalue weighted by molar-refractivity contribution is 8.04. The topological polar surface area (TPSA) is 55.8 Å². The maximum Gasteiger partial charge on any atom is 0.354 e. The van der Waals surface area contributed by atoms with Gasteiger partial charge in [-0.3, -0.25) is 0 Å². The summed E-state index contributed by atoms with van der Waals surface area (Å²) in [5, 5.41) is 0.236. The number of thioether (sulfide) groups is 1. The molecule has 0 saturated carbocycles. The predicted octanol–water partition coefficient (Wildman–Crippen LogP) is 2.58. The molecule has 0 amide bonds. The van der Waals surface area contributed by atoms with Gasteiger partial charge in [0.05, 0.1) is 18.1 Å². The fourth-order valence-electron chi connectivity index (χ4n) is 1.37. The maximum atomic E-state index is 11.9. The smallest absolute Gasteiger partial charge is 0.354 e. The van der Waals surface area contributed by atoms with Gasteiger partial charge in [0.25, 0.3) is 0 Å². The van der Waals surface area contributed by atoms with Gasteiger partial charge < -0.3 is 14.4 Å². The molecule has 120 valence electrons. The van der Waals surface area contributed by atoms with Gasteiger partial charge in [0.2, 0.25) is 0 Å². The zero-order valence-corrected chi connectivity index (χ0v) is 14.5. The standard InChI is InChI=1S/C15H25NO4S/c1-7-19-14(17)12(16(5)6)9-10-13(21-11(3)4)15(18)20-8-2/h9-11H,7-8H2,1-6H3/b12-9-,13-10-. The Labute approximate surface area is 131 Å². The molecule has 0 N–H and O–H groups in total. The van der Waals surface area contributed by atoms with Gasteiger partial charge in [0.1, 0.15) is 5.70 Å². The molecule has 0 bridgehead atoms. The Hall–Kier alpha value is -1.43. The molecule has 0 aromatic carbocycles. The third kappa shape index (κ3) is 7.80. The van der Waals surface area contributed by atoms with Crippen molar-refractivity contribution in [1.29, 1.82) is 0 Å². The van der Waals surface area contributed by atoms with E-state index in [0.717, 1.165) is 0 Å². The SMILES string of the molecule is CCOC(=O)/C(=C/C=C(/C(=O)OCC)N(C)C)SC(C)C. The Kier molecular flexibility index (Phi) is 9.62. The Bertz CT molecular complexity index is 414. The minimum absolute atomic E-state index is 0.236. The van der Waals surface area contributed by atoms with Gasteiger partial charge in [-0.2, -0.15) is 0 Å². The van der Waals surface area contributed by atoms with Crippen molar-refractivity contribution in [2.24, 2.45) is 0 Å². The third-order valence-electron chi connectivity index (χ3n) is 2.20. The fraction of sp³-hybridized carbons (Fsp3) is 0.600. The second-order valence-electron chi connectivity index (χ2n) is 4.58. The van der Waals surface area contributed by atoms with Crippen molar-refractivity contribution in [3.05, 3.63) is 22.8 Å². The average Bonchev–Trinajstić information content (AvgIpc) is 2.37. The van der Waals surface area contributed by atoms with Gasteiger partial charge in [-0.15, -0.1) is 11.8 Å². The van der Waals surface area contributed by atoms with E-state index < -0.39 is 5.97 Å². The summed E-state index contributed by atoms with van der Waals surface area (Å²) in [5.74, 6) is -0.800. The Morgan fingerprint density at radius 1 is 1.05 bits per heavy atom.